The van der Waals surface area contributed by atoms with Crippen LogP contribution in [0, 0.1) is 10.8 Å². The molecule has 1 aromatic heterocycles. The van der Waals surface area contributed by atoms with Crippen LogP contribution in [0.4, 0.5) is 17.1 Å². The van der Waals surface area contributed by atoms with Crippen molar-refractivity contribution >= 4 is 70.9 Å². The summed E-state index contributed by atoms with van der Waals surface area (Å²) in [5.41, 5.74) is 12.1. The second-order valence-corrected chi connectivity index (χ2v) is 18.2. The maximum atomic E-state index is 6.75. The topological polar surface area (TPSA) is 16.4 Å². The molecule has 8 rings (SSSR count). The van der Waals surface area contributed by atoms with Crippen LogP contribution in [-0.4, -0.2) is 0 Å². The first-order chi connectivity index (χ1) is 22.5. The maximum Gasteiger partial charge on any atom is 0.159 e. The highest BCUT2D eigenvalue weighted by atomic mass is 79.9. The van der Waals surface area contributed by atoms with Gasteiger partial charge in [0.25, 0.3) is 0 Å². The standard InChI is InChI=1S/C44H43Br2NO/c1-40(2)34-23-27(24-35-38(34)44(9,42(40,5)6)43(7,8)41(35,3)4)26-22-33-32-12-10-11-13-37(32)48-39(33)36(25-26)47(30-18-14-28(45)15-19-30)31-20-16-29(46)17-21-31/h10-25H,1-9H3. The van der Waals surface area contributed by atoms with Gasteiger partial charge in [0.05, 0.1) is 5.69 Å². The highest BCUT2D eigenvalue weighted by Gasteiger charge is 2.72. The molecule has 0 saturated carbocycles. The molecule has 1 heterocycles. The van der Waals surface area contributed by atoms with Gasteiger partial charge in [0.1, 0.15) is 5.58 Å². The largest absolute Gasteiger partial charge is 0.454 e. The van der Waals surface area contributed by atoms with Crippen molar-refractivity contribution in [3.63, 3.8) is 0 Å². The minimum absolute atomic E-state index is 0.00817. The number of hydrogen-bond donors (Lipinski definition) is 0. The van der Waals surface area contributed by atoms with Gasteiger partial charge in [-0.15, -0.1) is 0 Å². The van der Waals surface area contributed by atoms with Crippen molar-refractivity contribution in [1.29, 1.82) is 0 Å². The van der Waals surface area contributed by atoms with Crippen LogP contribution >= 0.6 is 31.9 Å². The van der Waals surface area contributed by atoms with Crippen molar-refractivity contribution in [3.05, 3.63) is 123 Å². The van der Waals surface area contributed by atoms with E-state index in [1.165, 1.54) is 22.3 Å². The van der Waals surface area contributed by atoms with Crippen LogP contribution in [0.5, 0.6) is 0 Å². The van der Waals surface area contributed by atoms with E-state index in [4.69, 9.17) is 4.42 Å². The van der Waals surface area contributed by atoms with Crippen LogP contribution in [0.1, 0.15) is 79.0 Å². The number of hydrogen-bond acceptors (Lipinski definition) is 2. The van der Waals surface area contributed by atoms with Gasteiger partial charge in [0.15, 0.2) is 5.58 Å². The molecule has 48 heavy (non-hydrogen) atoms. The van der Waals surface area contributed by atoms with Gasteiger partial charge < -0.3 is 9.32 Å². The number of para-hydroxylation sites is 1. The fraction of sp³-hybridized carbons (Fsp3) is 0.318. The molecule has 0 amide bonds. The second kappa shape index (κ2) is 10.1. The fourth-order valence-electron chi connectivity index (χ4n) is 9.41. The average Bonchev–Trinajstić information content (AvgIpc) is 3.53. The lowest BCUT2D eigenvalue weighted by atomic mass is 9.47. The third-order valence-electron chi connectivity index (χ3n) is 13.8. The number of halogens is 2. The van der Waals surface area contributed by atoms with Crippen LogP contribution in [-0.2, 0) is 16.2 Å². The summed E-state index contributed by atoms with van der Waals surface area (Å²) < 4.78 is 8.84. The van der Waals surface area contributed by atoms with E-state index >= 15 is 0 Å². The highest BCUT2D eigenvalue weighted by Crippen LogP contribution is 2.76. The Morgan fingerprint density at radius 1 is 0.542 bits per heavy atom. The van der Waals surface area contributed by atoms with E-state index in [1.54, 1.807) is 5.56 Å². The predicted octanol–water partition coefficient (Wildman–Crippen LogP) is 14.1. The molecule has 0 saturated heterocycles. The van der Waals surface area contributed by atoms with Crippen molar-refractivity contribution in [2.75, 3.05) is 4.90 Å². The van der Waals surface area contributed by atoms with Crippen molar-refractivity contribution in [2.45, 2.75) is 78.6 Å². The van der Waals surface area contributed by atoms with Gasteiger partial charge in [-0.1, -0.05) is 125 Å². The second-order valence-electron chi connectivity index (χ2n) is 16.3. The van der Waals surface area contributed by atoms with E-state index in [0.29, 0.717) is 0 Å². The van der Waals surface area contributed by atoms with E-state index in [-0.39, 0.29) is 27.1 Å². The molecule has 0 spiro atoms. The van der Waals surface area contributed by atoms with Crippen molar-refractivity contribution in [2.24, 2.45) is 10.8 Å². The Kier molecular flexibility index (Phi) is 6.72. The van der Waals surface area contributed by atoms with E-state index in [9.17, 15) is 0 Å². The highest BCUT2D eigenvalue weighted by molar-refractivity contribution is 9.10. The normalized spacial score (nSPS) is 19.1. The van der Waals surface area contributed by atoms with Gasteiger partial charge in [-0.25, -0.2) is 0 Å². The average molecular weight is 762 g/mol. The van der Waals surface area contributed by atoms with E-state index in [1.807, 2.05) is 0 Å². The summed E-state index contributed by atoms with van der Waals surface area (Å²) in [5.74, 6) is 0. The molecule has 0 bridgehead atoms. The Bertz CT molecular complexity index is 2170. The third-order valence-corrected chi connectivity index (χ3v) is 14.9. The summed E-state index contributed by atoms with van der Waals surface area (Å²) in [6.45, 7) is 22.5. The first-order valence-corrected chi connectivity index (χ1v) is 18.6. The minimum atomic E-state index is -0.00817. The Balaban J connectivity index is 1.46. The number of anilines is 3. The van der Waals surface area contributed by atoms with E-state index in [2.05, 4.69) is 196 Å². The van der Waals surface area contributed by atoms with Gasteiger partial charge in [-0.3, -0.25) is 0 Å². The fourth-order valence-corrected chi connectivity index (χ4v) is 9.94. The van der Waals surface area contributed by atoms with E-state index in [0.717, 1.165) is 47.9 Å². The van der Waals surface area contributed by atoms with Crippen LogP contribution in [0.25, 0.3) is 33.1 Å². The summed E-state index contributed by atoms with van der Waals surface area (Å²) in [6.07, 6.45) is 0. The molecule has 6 aromatic rings. The van der Waals surface area contributed by atoms with Crippen molar-refractivity contribution in [3.8, 4) is 11.1 Å². The summed E-state index contributed by atoms with van der Waals surface area (Å²) >= 11 is 7.32. The lowest BCUT2D eigenvalue weighted by molar-refractivity contribution is -0.0105. The Morgan fingerprint density at radius 3 is 1.54 bits per heavy atom. The first kappa shape index (κ1) is 31.9. The molecule has 0 N–H and O–H groups in total. The van der Waals surface area contributed by atoms with Gasteiger partial charge >= 0.3 is 0 Å². The number of fused-ring (bicyclic) bond motifs is 3. The van der Waals surface area contributed by atoms with Gasteiger partial charge in [0, 0.05) is 36.5 Å². The molecule has 0 radical (unpaired) electrons. The lowest BCUT2D eigenvalue weighted by Crippen LogP contribution is -2.54. The zero-order valence-electron chi connectivity index (χ0n) is 29.3. The lowest BCUT2D eigenvalue weighted by Gasteiger charge is -2.56. The molecule has 0 atom stereocenters. The van der Waals surface area contributed by atoms with Crippen LogP contribution in [0.3, 0.4) is 0 Å². The Hall–Kier alpha value is -3.34. The molecule has 4 heteroatoms. The van der Waals surface area contributed by atoms with Gasteiger partial charge in [0.2, 0.25) is 0 Å². The quantitative estimate of drug-likeness (QED) is 0.178. The third kappa shape index (κ3) is 3.91. The summed E-state index contributed by atoms with van der Waals surface area (Å²) in [7, 11) is 0. The molecule has 2 nitrogen and oxygen atoms in total. The van der Waals surface area contributed by atoms with Crippen LogP contribution in [0.15, 0.2) is 110 Å². The Morgan fingerprint density at radius 2 is 1.02 bits per heavy atom. The zero-order valence-corrected chi connectivity index (χ0v) is 32.5. The molecule has 244 valence electrons. The molecule has 2 aliphatic rings. The Labute approximate surface area is 301 Å². The molecule has 2 aliphatic carbocycles. The summed E-state index contributed by atoms with van der Waals surface area (Å²) in [4.78, 5) is 2.33. The van der Waals surface area contributed by atoms with Crippen LogP contribution < -0.4 is 4.90 Å². The van der Waals surface area contributed by atoms with Gasteiger partial charge in [-0.05, 0) is 116 Å². The maximum absolute atomic E-state index is 6.75. The van der Waals surface area contributed by atoms with Crippen LogP contribution in [0.2, 0.25) is 0 Å². The monoisotopic (exact) mass is 759 g/mol. The molecule has 0 unspecified atom stereocenters. The van der Waals surface area contributed by atoms with E-state index < -0.39 is 0 Å². The molecule has 5 aromatic carbocycles. The minimum Gasteiger partial charge on any atom is -0.454 e. The van der Waals surface area contributed by atoms with Crippen molar-refractivity contribution in [1.82, 2.24) is 0 Å². The predicted molar refractivity (Wildman–Crippen MR) is 210 cm³/mol. The SMILES string of the molecule is CC1(C)c2cc(-c3cc(N(c4ccc(Br)cc4)c4ccc(Br)cc4)c4oc5ccccc5c4c3)cc3c2C(C)(C1(C)C)C(C)(C)C3(C)C. The first-order valence-electron chi connectivity index (χ1n) is 17.0. The number of nitrogens with zero attached hydrogens (tertiary/aromatic N) is 1. The van der Waals surface area contributed by atoms with Crippen molar-refractivity contribution < 1.29 is 4.42 Å². The number of furan rings is 1. The summed E-state index contributed by atoms with van der Waals surface area (Å²) in [6, 6.07) is 35.3. The molecular formula is C44H43Br2NO. The number of benzene rings is 5. The summed E-state index contributed by atoms with van der Waals surface area (Å²) in [5, 5.41) is 2.25. The molecular weight excluding hydrogens is 718 g/mol. The molecule has 0 aliphatic heterocycles. The van der Waals surface area contributed by atoms with Gasteiger partial charge in [-0.2, -0.15) is 0 Å². The zero-order chi connectivity index (χ0) is 34.2. The smallest absolute Gasteiger partial charge is 0.159 e. The molecule has 0 fully saturated rings. The number of rotatable bonds is 4.